The van der Waals surface area contributed by atoms with Crippen LogP contribution in [0.1, 0.15) is 25.5 Å². The first-order chi connectivity index (χ1) is 8.04. The summed E-state index contributed by atoms with van der Waals surface area (Å²) < 4.78 is 28.5. The van der Waals surface area contributed by atoms with Crippen molar-refractivity contribution in [3.63, 3.8) is 0 Å². The van der Waals surface area contributed by atoms with Crippen LogP contribution in [0.5, 0.6) is 0 Å². The van der Waals surface area contributed by atoms with Crippen molar-refractivity contribution < 1.29 is 8.78 Å². The number of fused-ring (bicyclic) bond motifs is 1. The van der Waals surface area contributed by atoms with Crippen molar-refractivity contribution in [3.8, 4) is 0 Å². The summed E-state index contributed by atoms with van der Waals surface area (Å²) >= 11 is 0. The van der Waals surface area contributed by atoms with Gasteiger partial charge >= 0.3 is 0 Å². The number of aromatic nitrogens is 1. The van der Waals surface area contributed by atoms with Gasteiger partial charge in [-0.3, -0.25) is 0 Å². The van der Waals surface area contributed by atoms with Gasteiger partial charge in [-0.25, -0.2) is 8.78 Å². The van der Waals surface area contributed by atoms with Crippen molar-refractivity contribution >= 4 is 10.9 Å². The van der Waals surface area contributed by atoms with E-state index in [4.69, 9.17) is 5.73 Å². The summed E-state index contributed by atoms with van der Waals surface area (Å²) in [6.45, 7) is 4.51. The zero-order valence-electron chi connectivity index (χ0n) is 10.0. The van der Waals surface area contributed by atoms with Crippen LogP contribution in [0, 0.1) is 11.6 Å². The molecule has 2 nitrogen and oxygen atoms in total. The molecule has 2 aromatic rings. The Morgan fingerprint density at radius 1 is 1.24 bits per heavy atom. The Balaban J connectivity index is 2.72. The van der Waals surface area contributed by atoms with E-state index >= 15 is 0 Å². The first kappa shape index (κ1) is 12.0. The Labute approximate surface area is 99.0 Å². The predicted octanol–water partition coefficient (Wildman–Crippen LogP) is 3.00. The zero-order valence-corrected chi connectivity index (χ0v) is 10.0. The van der Waals surface area contributed by atoms with Crippen LogP contribution in [0.4, 0.5) is 8.78 Å². The quantitative estimate of drug-likeness (QED) is 0.875. The van der Waals surface area contributed by atoms with E-state index in [0.29, 0.717) is 13.0 Å². The van der Waals surface area contributed by atoms with Gasteiger partial charge < -0.3 is 10.3 Å². The molecule has 0 atom stereocenters. The van der Waals surface area contributed by atoms with Crippen LogP contribution in [0.2, 0.25) is 0 Å². The monoisotopic (exact) mass is 238 g/mol. The molecule has 17 heavy (non-hydrogen) atoms. The van der Waals surface area contributed by atoms with Gasteiger partial charge in [0.1, 0.15) is 0 Å². The van der Waals surface area contributed by atoms with Crippen LogP contribution in [-0.4, -0.2) is 11.1 Å². The van der Waals surface area contributed by atoms with Crippen molar-refractivity contribution in [2.75, 3.05) is 6.54 Å². The Morgan fingerprint density at radius 2 is 1.88 bits per heavy atom. The molecule has 92 valence electrons. The van der Waals surface area contributed by atoms with Crippen molar-refractivity contribution in [1.82, 2.24) is 4.57 Å². The van der Waals surface area contributed by atoms with Gasteiger partial charge in [-0.1, -0.05) is 0 Å². The molecule has 0 radical (unpaired) electrons. The van der Waals surface area contributed by atoms with Gasteiger partial charge in [-0.05, 0) is 38.4 Å². The fourth-order valence-corrected chi connectivity index (χ4v) is 2.10. The van der Waals surface area contributed by atoms with Crippen LogP contribution in [0.25, 0.3) is 10.9 Å². The average Bonchev–Trinajstić information content (AvgIpc) is 2.59. The summed E-state index contributed by atoms with van der Waals surface area (Å²) in [7, 11) is 0. The Bertz CT molecular complexity index is 544. The molecule has 0 aliphatic rings. The summed E-state index contributed by atoms with van der Waals surface area (Å²) in [5, 5.41) is 0.753. The van der Waals surface area contributed by atoms with Crippen LogP contribution < -0.4 is 5.73 Å². The van der Waals surface area contributed by atoms with Crippen molar-refractivity contribution in [1.29, 1.82) is 0 Å². The molecule has 0 unspecified atom stereocenters. The molecular weight excluding hydrogens is 222 g/mol. The summed E-state index contributed by atoms with van der Waals surface area (Å²) in [5.74, 6) is -1.62. The standard InChI is InChI=1S/C13H16F2N2/c1-8(2)17-7-9(3-4-16)10-5-11(14)12(15)6-13(10)17/h5-8H,3-4,16H2,1-2H3. The molecule has 2 N–H and O–H groups in total. The Hall–Kier alpha value is -1.42. The Morgan fingerprint density at radius 3 is 2.47 bits per heavy atom. The number of benzene rings is 1. The molecule has 0 saturated carbocycles. The number of hydrogen-bond acceptors (Lipinski definition) is 1. The number of rotatable bonds is 3. The van der Waals surface area contributed by atoms with Crippen LogP contribution in [0.15, 0.2) is 18.3 Å². The maximum absolute atomic E-state index is 13.3. The lowest BCUT2D eigenvalue weighted by molar-refractivity contribution is 0.509. The predicted molar refractivity (Wildman–Crippen MR) is 65.0 cm³/mol. The lowest BCUT2D eigenvalue weighted by Gasteiger charge is -2.08. The summed E-state index contributed by atoms with van der Waals surface area (Å²) in [5.41, 5.74) is 7.22. The molecule has 0 aliphatic heterocycles. The first-order valence-corrected chi connectivity index (χ1v) is 5.73. The molecule has 4 heteroatoms. The minimum Gasteiger partial charge on any atom is -0.345 e. The fraction of sp³-hybridized carbons (Fsp3) is 0.385. The number of hydrogen-bond donors (Lipinski definition) is 1. The Kier molecular flexibility index (Phi) is 3.15. The lowest BCUT2D eigenvalue weighted by Crippen LogP contribution is -2.02. The largest absolute Gasteiger partial charge is 0.345 e. The van der Waals surface area contributed by atoms with Crippen LogP contribution >= 0.6 is 0 Å². The average molecular weight is 238 g/mol. The number of nitrogens with zero attached hydrogens (tertiary/aromatic N) is 1. The summed E-state index contributed by atoms with van der Waals surface area (Å²) in [4.78, 5) is 0. The van der Waals surface area contributed by atoms with Gasteiger partial charge in [0, 0.05) is 23.7 Å². The van der Waals surface area contributed by atoms with Gasteiger partial charge in [0.25, 0.3) is 0 Å². The highest BCUT2D eigenvalue weighted by atomic mass is 19.2. The molecule has 0 spiro atoms. The lowest BCUT2D eigenvalue weighted by atomic mass is 10.1. The highest BCUT2D eigenvalue weighted by molar-refractivity contribution is 5.84. The highest BCUT2D eigenvalue weighted by Gasteiger charge is 2.13. The first-order valence-electron chi connectivity index (χ1n) is 5.73. The maximum Gasteiger partial charge on any atom is 0.160 e. The molecule has 0 aliphatic carbocycles. The molecule has 1 heterocycles. The topological polar surface area (TPSA) is 30.9 Å². The third-order valence-corrected chi connectivity index (χ3v) is 2.93. The van der Waals surface area contributed by atoms with Crippen LogP contribution in [-0.2, 0) is 6.42 Å². The minimum atomic E-state index is -0.809. The molecule has 1 aromatic heterocycles. The van der Waals surface area contributed by atoms with Crippen molar-refractivity contribution in [2.45, 2.75) is 26.3 Å². The smallest absolute Gasteiger partial charge is 0.160 e. The third kappa shape index (κ3) is 2.05. The molecular formula is C13H16F2N2. The summed E-state index contributed by atoms with van der Waals surface area (Å²) in [6, 6.07) is 2.72. The number of halogens is 2. The fourth-order valence-electron chi connectivity index (χ4n) is 2.10. The summed E-state index contributed by atoms with van der Waals surface area (Å²) in [6.07, 6.45) is 2.60. The molecule has 0 bridgehead atoms. The number of nitrogens with two attached hydrogens (primary N) is 1. The zero-order chi connectivity index (χ0) is 12.6. The van der Waals surface area contributed by atoms with Crippen molar-refractivity contribution in [2.24, 2.45) is 5.73 Å². The second kappa shape index (κ2) is 4.45. The third-order valence-electron chi connectivity index (χ3n) is 2.93. The van der Waals surface area contributed by atoms with E-state index in [0.717, 1.165) is 16.5 Å². The molecule has 2 rings (SSSR count). The molecule has 1 aromatic carbocycles. The van der Waals surface area contributed by atoms with E-state index in [1.807, 2.05) is 24.6 Å². The molecule has 0 amide bonds. The van der Waals surface area contributed by atoms with E-state index in [1.54, 1.807) is 0 Å². The SMILES string of the molecule is CC(C)n1cc(CCN)c2cc(F)c(F)cc21. The van der Waals surface area contributed by atoms with Gasteiger partial charge in [0.15, 0.2) is 11.6 Å². The second-order valence-corrected chi connectivity index (χ2v) is 4.48. The van der Waals surface area contributed by atoms with Gasteiger partial charge in [-0.2, -0.15) is 0 Å². The second-order valence-electron chi connectivity index (χ2n) is 4.48. The van der Waals surface area contributed by atoms with E-state index in [2.05, 4.69) is 0 Å². The normalized spacial score (nSPS) is 11.6. The van der Waals surface area contributed by atoms with Gasteiger partial charge in [-0.15, -0.1) is 0 Å². The highest BCUT2D eigenvalue weighted by Crippen LogP contribution is 2.27. The van der Waals surface area contributed by atoms with Crippen molar-refractivity contribution in [3.05, 3.63) is 35.5 Å². The minimum absolute atomic E-state index is 0.203. The molecule has 0 saturated heterocycles. The van der Waals surface area contributed by atoms with Crippen LogP contribution in [0.3, 0.4) is 0 Å². The van der Waals surface area contributed by atoms with E-state index in [9.17, 15) is 8.78 Å². The van der Waals surface area contributed by atoms with E-state index in [1.165, 1.54) is 12.1 Å². The van der Waals surface area contributed by atoms with E-state index < -0.39 is 11.6 Å². The van der Waals surface area contributed by atoms with Gasteiger partial charge in [0.2, 0.25) is 0 Å². The van der Waals surface area contributed by atoms with E-state index in [-0.39, 0.29) is 6.04 Å². The van der Waals surface area contributed by atoms with Gasteiger partial charge in [0.05, 0.1) is 5.52 Å². The molecule has 0 fully saturated rings. The maximum atomic E-state index is 13.3.